The highest BCUT2D eigenvalue weighted by molar-refractivity contribution is 5.96. The van der Waals surface area contributed by atoms with Gasteiger partial charge in [-0.3, -0.25) is 4.79 Å². The van der Waals surface area contributed by atoms with Crippen LogP contribution in [-0.4, -0.2) is 22.7 Å². The van der Waals surface area contributed by atoms with Gasteiger partial charge in [-0.1, -0.05) is 30.3 Å². The average Bonchev–Trinajstić information content (AvgIpc) is 2.70. The zero-order valence-electron chi connectivity index (χ0n) is 15.1. The molecule has 0 saturated heterocycles. The van der Waals surface area contributed by atoms with E-state index in [1.54, 1.807) is 42.5 Å². The SMILES string of the molecule is O=C(NCCc1ccc(O)c(O)c1)c1ccccc1OCc1ccc(F)cc1. The van der Waals surface area contributed by atoms with Crippen molar-refractivity contribution in [3.63, 3.8) is 0 Å². The molecule has 0 aliphatic carbocycles. The summed E-state index contributed by atoms with van der Waals surface area (Å²) in [6.07, 6.45) is 0.498. The number of aromatic hydroxyl groups is 2. The lowest BCUT2D eigenvalue weighted by molar-refractivity contribution is 0.0949. The number of halogens is 1. The Morgan fingerprint density at radius 2 is 1.64 bits per heavy atom. The largest absolute Gasteiger partial charge is 0.504 e. The first-order valence-corrected chi connectivity index (χ1v) is 8.78. The minimum Gasteiger partial charge on any atom is -0.504 e. The summed E-state index contributed by atoms with van der Waals surface area (Å²) in [6.45, 7) is 0.576. The number of phenols is 2. The summed E-state index contributed by atoms with van der Waals surface area (Å²) < 4.78 is 18.7. The predicted octanol–water partition coefficient (Wildman–Crippen LogP) is 3.79. The van der Waals surface area contributed by atoms with Gasteiger partial charge in [-0.25, -0.2) is 4.39 Å². The zero-order chi connectivity index (χ0) is 19.9. The third-order valence-corrected chi connectivity index (χ3v) is 4.18. The van der Waals surface area contributed by atoms with E-state index in [9.17, 15) is 19.4 Å². The summed E-state index contributed by atoms with van der Waals surface area (Å²) in [4.78, 5) is 12.5. The number of carbonyl (C=O) groups excluding carboxylic acids is 1. The van der Waals surface area contributed by atoms with Crippen molar-refractivity contribution in [1.82, 2.24) is 5.32 Å². The summed E-state index contributed by atoms with van der Waals surface area (Å²) in [6, 6.07) is 17.4. The van der Waals surface area contributed by atoms with Crippen LogP contribution in [0.15, 0.2) is 66.7 Å². The van der Waals surface area contributed by atoms with Crippen LogP contribution in [0.5, 0.6) is 17.2 Å². The van der Waals surface area contributed by atoms with E-state index in [-0.39, 0.29) is 29.8 Å². The fourth-order valence-corrected chi connectivity index (χ4v) is 2.66. The van der Waals surface area contributed by atoms with E-state index in [1.165, 1.54) is 24.3 Å². The van der Waals surface area contributed by atoms with Crippen LogP contribution in [-0.2, 0) is 13.0 Å². The van der Waals surface area contributed by atoms with Crippen LogP contribution in [0, 0.1) is 5.82 Å². The molecule has 0 aromatic heterocycles. The van der Waals surface area contributed by atoms with Crippen molar-refractivity contribution in [2.75, 3.05) is 6.54 Å². The maximum absolute atomic E-state index is 13.0. The minimum atomic E-state index is -0.314. The molecule has 3 aromatic carbocycles. The van der Waals surface area contributed by atoms with Crippen LogP contribution < -0.4 is 10.1 Å². The van der Waals surface area contributed by atoms with Crippen LogP contribution in [0.3, 0.4) is 0 Å². The number of rotatable bonds is 7. The molecule has 3 rings (SSSR count). The summed E-state index contributed by atoms with van der Waals surface area (Å²) in [5, 5.41) is 21.7. The molecule has 3 aromatic rings. The van der Waals surface area contributed by atoms with E-state index in [0.29, 0.717) is 24.3 Å². The molecule has 0 radical (unpaired) electrons. The highest BCUT2D eigenvalue weighted by atomic mass is 19.1. The number of hydrogen-bond acceptors (Lipinski definition) is 4. The van der Waals surface area contributed by atoms with E-state index in [0.717, 1.165) is 11.1 Å². The monoisotopic (exact) mass is 381 g/mol. The van der Waals surface area contributed by atoms with Crippen molar-refractivity contribution in [2.45, 2.75) is 13.0 Å². The number of ether oxygens (including phenoxy) is 1. The molecule has 0 bridgehead atoms. The van der Waals surface area contributed by atoms with Gasteiger partial charge in [0.1, 0.15) is 18.2 Å². The zero-order valence-corrected chi connectivity index (χ0v) is 15.1. The molecule has 0 unspecified atom stereocenters. The van der Waals surface area contributed by atoms with Crippen LogP contribution >= 0.6 is 0 Å². The van der Waals surface area contributed by atoms with Crippen LogP contribution in [0.25, 0.3) is 0 Å². The molecule has 28 heavy (non-hydrogen) atoms. The lowest BCUT2D eigenvalue weighted by atomic mass is 10.1. The predicted molar refractivity (Wildman–Crippen MR) is 103 cm³/mol. The average molecular weight is 381 g/mol. The molecule has 0 atom stereocenters. The van der Waals surface area contributed by atoms with Gasteiger partial charge in [0.05, 0.1) is 5.56 Å². The number of phenolic OH excluding ortho intramolecular Hbond substituents is 2. The van der Waals surface area contributed by atoms with Gasteiger partial charge >= 0.3 is 0 Å². The second-order valence-electron chi connectivity index (χ2n) is 6.24. The summed E-state index contributed by atoms with van der Waals surface area (Å²) in [5.74, 6) is -0.529. The second kappa shape index (κ2) is 8.90. The van der Waals surface area contributed by atoms with Gasteiger partial charge in [0.25, 0.3) is 5.91 Å². The number of para-hydroxylation sites is 1. The molecule has 0 aliphatic rings. The van der Waals surface area contributed by atoms with Gasteiger partial charge in [-0.2, -0.15) is 0 Å². The quantitative estimate of drug-likeness (QED) is 0.544. The van der Waals surface area contributed by atoms with Gasteiger partial charge in [-0.05, 0) is 53.9 Å². The van der Waals surface area contributed by atoms with Gasteiger partial charge in [-0.15, -0.1) is 0 Å². The van der Waals surface area contributed by atoms with E-state index in [4.69, 9.17) is 4.74 Å². The van der Waals surface area contributed by atoms with Crippen molar-refractivity contribution in [3.8, 4) is 17.2 Å². The molecular weight excluding hydrogens is 361 g/mol. The number of carbonyl (C=O) groups is 1. The summed E-state index contributed by atoms with van der Waals surface area (Å²) in [5.41, 5.74) is 1.98. The minimum absolute atomic E-state index is 0.181. The first-order valence-electron chi connectivity index (χ1n) is 8.78. The van der Waals surface area contributed by atoms with Crippen LogP contribution in [0.1, 0.15) is 21.5 Å². The fourth-order valence-electron chi connectivity index (χ4n) is 2.66. The molecule has 3 N–H and O–H groups in total. The van der Waals surface area contributed by atoms with Crippen molar-refractivity contribution in [3.05, 3.63) is 89.2 Å². The van der Waals surface area contributed by atoms with E-state index in [2.05, 4.69) is 5.32 Å². The molecule has 0 aliphatic heterocycles. The molecule has 0 saturated carbocycles. The molecule has 1 amide bonds. The topological polar surface area (TPSA) is 78.8 Å². The van der Waals surface area contributed by atoms with Crippen molar-refractivity contribution >= 4 is 5.91 Å². The molecular formula is C22H20FNO4. The van der Waals surface area contributed by atoms with Crippen molar-refractivity contribution < 1.29 is 24.1 Å². The lowest BCUT2D eigenvalue weighted by Crippen LogP contribution is -2.26. The Labute approximate surface area is 162 Å². The van der Waals surface area contributed by atoms with Gasteiger partial charge in [0.2, 0.25) is 0 Å². The Bertz CT molecular complexity index is 957. The van der Waals surface area contributed by atoms with Gasteiger partial charge < -0.3 is 20.3 Å². The Morgan fingerprint density at radius 1 is 0.929 bits per heavy atom. The van der Waals surface area contributed by atoms with E-state index < -0.39 is 0 Å². The van der Waals surface area contributed by atoms with Gasteiger partial charge in [0, 0.05) is 6.54 Å². The lowest BCUT2D eigenvalue weighted by Gasteiger charge is -2.12. The standard InChI is InChI=1S/C22H20FNO4/c23-17-8-5-16(6-9-17)14-28-21-4-2-1-3-18(21)22(27)24-12-11-15-7-10-19(25)20(26)13-15/h1-10,13,25-26H,11-12,14H2,(H,24,27). The third kappa shape index (κ3) is 5.01. The number of amides is 1. The van der Waals surface area contributed by atoms with Gasteiger partial charge in [0.15, 0.2) is 11.5 Å². The Kier molecular flexibility index (Phi) is 6.11. The fraction of sp³-hybridized carbons (Fsp3) is 0.136. The number of nitrogens with one attached hydrogen (secondary N) is 1. The van der Waals surface area contributed by atoms with Crippen LogP contribution in [0.4, 0.5) is 4.39 Å². The molecule has 6 heteroatoms. The maximum atomic E-state index is 13.0. The number of benzene rings is 3. The van der Waals surface area contributed by atoms with Crippen molar-refractivity contribution in [1.29, 1.82) is 0 Å². The highest BCUT2D eigenvalue weighted by Gasteiger charge is 2.12. The third-order valence-electron chi connectivity index (χ3n) is 4.18. The highest BCUT2D eigenvalue weighted by Crippen LogP contribution is 2.25. The molecule has 5 nitrogen and oxygen atoms in total. The van der Waals surface area contributed by atoms with E-state index >= 15 is 0 Å². The first kappa shape index (κ1) is 19.2. The maximum Gasteiger partial charge on any atom is 0.255 e. The molecule has 0 fully saturated rings. The first-order chi connectivity index (χ1) is 13.5. The Hall–Kier alpha value is -3.54. The summed E-state index contributed by atoms with van der Waals surface area (Å²) in [7, 11) is 0. The van der Waals surface area contributed by atoms with Crippen molar-refractivity contribution in [2.24, 2.45) is 0 Å². The molecule has 0 spiro atoms. The normalized spacial score (nSPS) is 10.5. The summed E-state index contributed by atoms with van der Waals surface area (Å²) >= 11 is 0. The Morgan fingerprint density at radius 3 is 2.39 bits per heavy atom. The second-order valence-corrected chi connectivity index (χ2v) is 6.24. The number of hydrogen-bond donors (Lipinski definition) is 3. The molecule has 144 valence electrons. The smallest absolute Gasteiger partial charge is 0.255 e. The molecule has 0 heterocycles. The Balaban J connectivity index is 1.58. The van der Waals surface area contributed by atoms with Crippen LogP contribution in [0.2, 0.25) is 0 Å². The van der Waals surface area contributed by atoms with E-state index in [1.807, 2.05) is 0 Å².